The van der Waals surface area contributed by atoms with Crippen LogP contribution in [0.1, 0.15) is 0 Å². The van der Waals surface area contributed by atoms with Crippen molar-refractivity contribution in [1.82, 2.24) is 0 Å². The molecule has 0 atom stereocenters. The maximum absolute atomic E-state index is 4.84. The van der Waals surface area contributed by atoms with E-state index < -0.39 is 0 Å². The fourth-order valence-electron chi connectivity index (χ4n) is 0.502. The highest BCUT2D eigenvalue weighted by Crippen LogP contribution is 2.05. The third-order valence-corrected chi connectivity index (χ3v) is 0.952. The molecule has 0 amide bonds. The first-order valence-electron chi connectivity index (χ1n) is 2.50. The predicted octanol–water partition coefficient (Wildman–Crippen LogP) is 1.82. The average Bonchev–Trinajstić information content (AvgIpc) is 1.91. The summed E-state index contributed by atoms with van der Waals surface area (Å²) in [7, 11) is 0. The summed E-state index contributed by atoms with van der Waals surface area (Å²) < 4.78 is 4.84. The molecule has 0 aromatic heterocycles. The van der Waals surface area contributed by atoms with Gasteiger partial charge in [-0.15, -0.1) is 0 Å². The highest BCUT2D eigenvalue weighted by molar-refractivity contribution is 7.78. The molecular formula is C7H5OS. The van der Waals surface area contributed by atoms with Crippen LogP contribution in [-0.2, 0) is 0 Å². The topological polar surface area (TPSA) is 9.23 Å². The van der Waals surface area contributed by atoms with Gasteiger partial charge in [0.1, 0.15) is 5.75 Å². The third kappa shape index (κ3) is 1.82. The first kappa shape index (κ1) is 6.23. The van der Waals surface area contributed by atoms with Crippen molar-refractivity contribution in [2.45, 2.75) is 0 Å². The summed E-state index contributed by atoms with van der Waals surface area (Å²) in [6, 6.07) is 10.2. The summed E-state index contributed by atoms with van der Waals surface area (Å²) in [6.45, 7) is 0. The number of para-hydroxylation sites is 1. The Hall–Kier alpha value is -0.890. The van der Waals surface area contributed by atoms with Gasteiger partial charge in [0.2, 0.25) is 0 Å². The highest BCUT2D eigenvalue weighted by atomic mass is 32.1. The molecule has 2 heteroatoms. The van der Waals surface area contributed by atoms with Gasteiger partial charge in [0.25, 0.3) is 0 Å². The van der Waals surface area contributed by atoms with Crippen LogP contribution in [0.2, 0.25) is 0 Å². The summed E-state index contributed by atoms with van der Waals surface area (Å²) in [5.74, 6) is 0.660. The largest absolute Gasteiger partial charge is 0.453 e. The summed E-state index contributed by atoms with van der Waals surface area (Å²) in [6.07, 6.45) is 0. The van der Waals surface area contributed by atoms with Gasteiger partial charge >= 0.3 is 0 Å². The molecule has 45 valence electrons. The Kier molecular flexibility index (Phi) is 2.22. The van der Waals surface area contributed by atoms with Crippen LogP contribution in [0.3, 0.4) is 0 Å². The van der Waals surface area contributed by atoms with Gasteiger partial charge in [0, 0.05) is 6.07 Å². The van der Waals surface area contributed by atoms with Crippen molar-refractivity contribution in [2.24, 2.45) is 0 Å². The Labute approximate surface area is 59.3 Å². The van der Waals surface area contributed by atoms with Crippen LogP contribution in [-0.4, -0.2) is 5.55 Å². The van der Waals surface area contributed by atoms with Gasteiger partial charge < -0.3 is 4.74 Å². The van der Waals surface area contributed by atoms with E-state index >= 15 is 0 Å². The molecule has 1 radical (unpaired) electrons. The van der Waals surface area contributed by atoms with Gasteiger partial charge in [-0.3, -0.25) is 0 Å². The van der Waals surface area contributed by atoms with E-state index in [1.165, 1.54) is 5.55 Å². The minimum Gasteiger partial charge on any atom is -0.453 e. The molecule has 0 aliphatic heterocycles. The van der Waals surface area contributed by atoms with Crippen molar-refractivity contribution in [3.8, 4) is 5.75 Å². The lowest BCUT2D eigenvalue weighted by molar-refractivity contribution is 0.585. The Morgan fingerprint density at radius 3 is 3.00 bits per heavy atom. The maximum atomic E-state index is 4.84. The molecule has 1 aromatic rings. The third-order valence-electron chi connectivity index (χ3n) is 0.856. The van der Waals surface area contributed by atoms with Crippen molar-refractivity contribution in [1.29, 1.82) is 0 Å². The molecule has 0 fully saturated rings. The molecule has 0 bridgehead atoms. The minimum atomic E-state index is 0.660. The normalized spacial score (nSPS) is 8.44. The Morgan fingerprint density at radius 1 is 1.56 bits per heavy atom. The van der Waals surface area contributed by atoms with Gasteiger partial charge in [-0.25, -0.2) is 0 Å². The van der Waals surface area contributed by atoms with Crippen LogP contribution in [0.25, 0.3) is 0 Å². The SMILES string of the molecule is S=COc1[c]cccc1. The summed E-state index contributed by atoms with van der Waals surface area (Å²) in [4.78, 5) is 0. The van der Waals surface area contributed by atoms with Crippen LogP contribution >= 0.6 is 12.2 Å². The number of ether oxygens (including phenoxy) is 1. The van der Waals surface area contributed by atoms with E-state index in [9.17, 15) is 0 Å². The lowest BCUT2D eigenvalue weighted by Crippen LogP contribution is -1.84. The molecule has 1 aromatic carbocycles. The maximum Gasteiger partial charge on any atom is 0.154 e. The molecule has 0 unspecified atom stereocenters. The zero-order valence-electron chi connectivity index (χ0n) is 4.70. The number of hydrogen-bond acceptors (Lipinski definition) is 2. The van der Waals surface area contributed by atoms with Gasteiger partial charge in [-0.05, 0) is 18.3 Å². The van der Waals surface area contributed by atoms with Crippen molar-refractivity contribution in [2.75, 3.05) is 0 Å². The van der Waals surface area contributed by atoms with E-state index in [0.29, 0.717) is 5.75 Å². The number of hydrogen-bond donors (Lipinski definition) is 0. The summed E-state index contributed by atoms with van der Waals surface area (Å²) in [5.41, 5.74) is 1.21. The number of rotatable bonds is 2. The lowest BCUT2D eigenvalue weighted by atomic mass is 10.3. The Balaban J connectivity index is 2.72. The fraction of sp³-hybridized carbons (Fsp3) is 0. The van der Waals surface area contributed by atoms with E-state index in [-0.39, 0.29) is 0 Å². The lowest BCUT2D eigenvalue weighted by Gasteiger charge is -1.93. The van der Waals surface area contributed by atoms with Crippen LogP contribution in [0.5, 0.6) is 5.75 Å². The molecule has 1 nitrogen and oxygen atoms in total. The first-order chi connectivity index (χ1) is 4.43. The van der Waals surface area contributed by atoms with E-state index in [1.54, 1.807) is 12.1 Å². The Bertz CT molecular complexity index is 183. The summed E-state index contributed by atoms with van der Waals surface area (Å²) >= 11 is 4.47. The second kappa shape index (κ2) is 3.20. The molecule has 9 heavy (non-hydrogen) atoms. The quantitative estimate of drug-likeness (QED) is 0.575. The standard InChI is InChI=1S/C7H5OS/c9-6-8-7-4-2-1-3-5-7/h1-4,6H. The van der Waals surface area contributed by atoms with E-state index in [2.05, 4.69) is 18.3 Å². The van der Waals surface area contributed by atoms with Gasteiger partial charge in [0.15, 0.2) is 5.55 Å². The molecule has 0 spiro atoms. The number of thiocarbonyl (C=S) groups is 1. The van der Waals surface area contributed by atoms with Crippen LogP contribution in [0, 0.1) is 6.07 Å². The smallest absolute Gasteiger partial charge is 0.154 e. The zero-order chi connectivity index (χ0) is 6.53. The van der Waals surface area contributed by atoms with Gasteiger partial charge in [0.05, 0.1) is 0 Å². The van der Waals surface area contributed by atoms with E-state index in [4.69, 9.17) is 4.74 Å². The molecular weight excluding hydrogens is 132 g/mol. The van der Waals surface area contributed by atoms with Gasteiger partial charge in [-0.1, -0.05) is 18.2 Å². The molecule has 0 saturated heterocycles. The first-order valence-corrected chi connectivity index (χ1v) is 2.97. The monoisotopic (exact) mass is 137 g/mol. The second-order valence-electron chi connectivity index (χ2n) is 1.44. The predicted molar refractivity (Wildman–Crippen MR) is 39.6 cm³/mol. The average molecular weight is 137 g/mol. The van der Waals surface area contributed by atoms with Crippen molar-refractivity contribution < 1.29 is 4.74 Å². The molecule has 0 N–H and O–H groups in total. The van der Waals surface area contributed by atoms with E-state index in [1.807, 2.05) is 12.1 Å². The molecule has 0 heterocycles. The van der Waals surface area contributed by atoms with Crippen LogP contribution in [0.15, 0.2) is 24.3 Å². The summed E-state index contributed by atoms with van der Waals surface area (Å²) in [5, 5.41) is 0. The van der Waals surface area contributed by atoms with Gasteiger partial charge in [-0.2, -0.15) is 0 Å². The van der Waals surface area contributed by atoms with Crippen molar-refractivity contribution >= 4 is 17.8 Å². The second-order valence-corrected chi connectivity index (χ2v) is 1.63. The molecule has 0 saturated carbocycles. The Morgan fingerprint density at radius 2 is 2.44 bits per heavy atom. The van der Waals surface area contributed by atoms with E-state index in [0.717, 1.165) is 0 Å². The molecule has 0 aliphatic carbocycles. The van der Waals surface area contributed by atoms with Crippen LogP contribution in [0.4, 0.5) is 0 Å². The zero-order valence-corrected chi connectivity index (χ0v) is 5.52. The minimum absolute atomic E-state index is 0.660. The van der Waals surface area contributed by atoms with Crippen LogP contribution < -0.4 is 4.74 Å². The van der Waals surface area contributed by atoms with Crippen molar-refractivity contribution in [3.63, 3.8) is 0 Å². The molecule has 1 rings (SSSR count). The number of benzene rings is 1. The molecule has 0 aliphatic rings. The van der Waals surface area contributed by atoms with Crippen molar-refractivity contribution in [3.05, 3.63) is 30.3 Å². The fourth-order valence-corrected chi connectivity index (χ4v) is 0.606. The highest BCUT2D eigenvalue weighted by Gasteiger charge is 1.83.